The van der Waals surface area contributed by atoms with Gasteiger partial charge in [0.05, 0.1) is 0 Å². The summed E-state index contributed by atoms with van der Waals surface area (Å²) in [5.41, 5.74) is 1.99. The third kappa shape index (κ3) is 2.75. The summed E-state index contributed by atoms with van der Waals surface area (Å²) in [4.78, 5) is 0. The molecule has 0 spiro atoms. The van der Waals surface area contributed by atoms with Crippen molar-refractivity contribution in [1.82, 2.24) is 0 Å². The van der Waals surface area contributed by atoms with Crippen LogP contribution < -0.4 is 13.2 Å². The van der Waals surface area contributed by atoms with Gasteiger partial charge in [0.1, 0.15) is 0 Å². The van der Waals surface area contributed by atoms with Crippen LogP contribution in [0.1, 0.15) is 5.56 Å². The number of hydrogen-bond acceptors (Lipinski definition) is 2. The average molecular weight is 352 g/mol. The number of fused-ring (bicyclic) bond motifs is 1. The van der Waals surface area contributed by atoms with Crippen molar-refractivity contribution in [3.63, 3.8) is 0 Å². The molecule has 104 valence electrons. The summed E-state index contributed by atoms with van der Waals surface area (Å²) >= 11 is 0.273. The molecule has 0 atom stereocenters. The second-order valence-electron chi connectivity index (χ2n) is 4.79. The Morgan fingerprint density at radius 3 is 2.50 bits per heavy atom. The third-order valence-electron chi connectivity index (χ3n) is 3.28. The fourth-order valence-corrected chi connectivity index (χ4v) is 5.23. The van der Waals surface area contributed by atoms with Gasteiger partial charge in [-0.3, -0.25) is 0 Å². The zero-order chi connectivity index (χ0) is 14.2. The predicted octanol–water partition coefficient (Wildman–Crippen LogP) is 0.664. The van der Waals surface area contributed by atoms with Crippen molar-refractivity contribution in [3.05, 3.63) is 54.1 Å². The van der Waals surface area contributed by atoms with Crippen LogP contribution in [0, 0.1) is 0 Å². The molecule has 0 saturated carbocycles. The van der Waals surface area contributed by atoms with Gasteiger partial charge in [-0.2, -0.15) is 0 Å². The van der Waals surface area contributed by atoms with Crippen molar-refractivity contribution in [3.8, 4) is 0 Å². The topological polar surface area (TPSA) is 37.4 Å². The molecular formula is C15H15NO2SSe. The average Bonchev–Trinajstić information content (AvgIpc) is 2.83. The molecule has 2 aromatic carbocycles. The molecule has 3 rings (SSSR count). The molecule has 0 amide bonds. The molecule has 5 heteroatoms. The van der Waals surface area contributed by atoms with Gasteiger partial charge in [-0.05, 0) is 0 Å². The first-order chi connectivity index (χ1) is 9.54. The Bertz CT molecular complexity index is 729. The molecule has 2 aromatic rings. The standard InChI is InChI=1S/C15H15NO2SSe/c1-19(17,18)16-10-9-12-11-14(7-8-15(12)16)20-13-5-3-2-4-6-13/h2-8,11H,9-10H2,1H3. The quantitative estimate of drug-likeness (QED) is 0.762. The normalized spacial score (nSPS) is 14.3. The molecule has 1 aliphatic heterocycles. The van der Waals surface area contributed by atoms with E-state index in [0.717, 1.165) is 17.7 Å². The summed E-state index contributed by atoms with van der Waals surface area (Å²) in [6.45, 7) is 0.565. The van der Waals surface area contributed by atoms with Gasteiger partial charge < -0.3 is 0 Å². The van der Waals surface area contributed by atoms with Crippen LogP contribution in [0.5, 0.6) is 0 Å². The fraction of sp³-hybridized carbons (Fsp3) is 0.200. The Labute approximate surface area is 125 Å². The summed E-state index contributed by atoms with van der Waals surface area (Å²) < 4.78 is 27.5. The van der Waals surface area contributed by atoms with Gasteiger partial charge in [0, 0.05) is 0 Å². The van der Waals surface area contributed by atoms with Crippen molar-refractivity contribution in [2.75, 3.05) is 17.1 Å². The molecule has 1 aliphatic rings. The van der Waals surface area contributed by atoms with Crippen molar-refractivity contribution in [2.45, 2.75) is 6.42 Å². The molecule has 3 nitrogen and oxygen atoms in total. The van der Waals surface area contributed by atoms with Crippen LogP contribution in [-0.4, -0.2) is 36.2 Å². The summed E-state index contributed by atoms with van der Waals surface area (Å²) in [7, 11) is -3.15. The van der Waals surface area contributed by atoms with E-state index in [1.807, 2.05) is 12.1 Å². The third-order valence-corrected chi connectivity index (χ3v) is 6.56. The van der Waals surface area contributed by atoms with Crippen LogP contribution in [-0.2, 0) is 16.4 Å². The molecule has 0 aliphatic carbocycles. The molecule has 0 radical (unpaired) electrons. The summed E-state index contributed by atoms with van der Waals surface area (Å²) in [6, 6.07) is 16.6. The predicted molar refractivity (Wildman–Crippen MR) is 83.8 cm³/mol. The van der Waals surface area contributed by atoms with Crippen molar-refractivity contribution in [1.29, 1.82) is 0 Å². The van der Waals surface area contributed by atoms with Gasteiger partial charge in [0.15, 0.2) is 0 Å². The number of sulfonamides is 1. The van der Waals surface area contributed by atoms with Gasteiger partial charge >= 0.3 is 126 Å². The first-order valence-electron chi connectivity index (χ1n) is 6.37. The number of benzene rings is 2. The molecule has 20 heavy (non-hydrogen) atoms. The van der Waals surface area contributed by atoms with E-state index in [2.05, 4.69) is 36.4 Å². The summed E-state index contributed by atoms with van der Waals surface area (Å²) in [5.74, 6) is 0. The van der Waals surface area contributed by atoms with Gasteiger partial charge in [0.25, 0.3) is 0 Å². The summed E-state index contributed by atoms with van der Waals surface area (Å²) in [5, 5.41) is 0. The first kappa shape index (κ1) is 13.7. The second kappa shape index (κ2) is 5.24. The zero-order valence-electron chi connectivity index (χ0n) is 11.1. The molecule has 0 saturated heterocycles. The maximum atomic E-state index is 11.7. The minimum atomic E-state index is -3.15. The van der Waals surface area contributed by atoms with Gasteiger partial charge in [-0.25, -0.2) is 0 Å². The van der Waals surface area contributed by atoms with E-state index in [0.29, 0.717) is 6.54 Å². The van der Waals surface area contributed by atoms with Crippen molar-refractivity contribution in [2.24, 2.45) is 0 Å². The number of anilines is 1. The van der Waals surface area contributed by atoms with E-state index < -0.39 is 10.0 Å². The first-order valence-corrected chi connectivity index (χ1v) is 9.94. The molecule has 0 fully saturated rings. The number of rotatable bonds is 3. The van der Waals surface area contributed by atoms with Gasteiger partial charge in [0.2, 0.25) is 0 Å². The van der Waals surface area contributed by atoms with Crippen molar-refractivity contribution >= 4 is 39.6 Å². The number of hydrogen-bond donors (Lipinski definition) is 0. The molecule has 1 heterocycles. The molecular weight excluding hydrogens is 337 g/mol. The Morgan fingerprint density at radius 2 is 1.80 bits per heavy atom. The van der Waals surface area contributed by atoms with E-state index in [9.17, 15) is 8.42 Å². The van der Waals surface area contributed by atoms with Crippen LogP contribution in [0.25, 0.3) is 0 Å². The van der Waals surface area contributed by atoms with Crippen LogP contribution in [0.4, 0.5) is 5.69 Å². The second-order valence-corrected chi connectivity index (χ2v) is 9.10. The maximum absolute atomic E-state index is 11.7. The summed E-state index contributed by atoms with van der Waals surface area (Å²) in [6.07, 6.45) is 2.07. The number of nitrogens with zero attached hydrogens (tertiary/aromatic N) is 1. The van der Waals surface area contributed by atoms with E-state index in [4.69, 9.17) is 0 Å². The zero-order valence-corrected chi connectivity index (χ0v) is 13.6. The molecule has 0 aromatic heterocycles. The Hall–Kier alpha value is -1.29. The van der Waals surface area contributed by atoms with Crippen molar-refractivity contribution < 1.29 is 8.42 Å². The van der Waals surface area contributed by atoms with Gasteiger partial charge in [-0.1, -0.05) is 0 Å². The van der Waals surface area contributed by atoms with E-state index in [-0.39, 0.29) is 15.0 Å². The minimum absolute atomic E-state index is 0.273. The van der Waals surface area contributed by atoms with Crippen LogP contribution in [0.15, 0.2) is 48.5 Å². The Kier molecular flexibility index (Phi) is 3.59. The molecule has 0 N–H and O–H groups in total. The molecule has 0 bridgehead atoms. The molecule has 0 unspecified atom stereocenters. The van der Waals surface area contributed by atoms with E-state index in [1.165, 1.54) is 19.5 Å². The van der Waals surface area contributed by atoms with Crippen LogP contribution in [0.3, 0.4) is 0 Å². The SMILES string of the molecule is CS(=O)(=O)N1CCc2cc([Se]c3ccccc3)ccc21. The Balaban J connectivity index is 1.89. The monoisotopic (exact) mass is 353 g/mol. The van der Waals surface area contributed by atoms with Crippen LogP contribution in [0.2, 0.25) is 0 Å². The van der Waals surface area contributed by atoms with Gasteiger partial charge in [-0.15, -0.1) is 0 Å². The Morgan fingerprint density at radius 1 is 1.05 bits per heavy atom. The van der Waals surface area contributed by atoms with E-state index >= 15 is 0 Å². The fourth-order valence-electron chi connectivity index (χ4n) is 2.38. The van der Waals surface area contributed by atoms with E-state index in [1.54, 1.807) is 0 Å². The van der Waals surface area contributed by atoms with Crippen LogP contribution >= 0.6 is 0 Å².